The molecule has 1 aliphatic carbocycles. The molecule has 7 heteroatoms. The summed E-state index contributed by atoms with van der Waals surface area (Å²) < 4.78 is 27.6. The first-order valence-electron chi connectivity index (χ1n) is 9.45. The quantitative estimate of drug-likeness (QED) is 0.844. The molecule has 1 atom stereocenters. The zero-order chi connectivity index (χ0) is 18.7. The van der Waals surface area contributed by atoms with Crippen LogP contribution in [0.25, 0.3) is 0 Å². The van der Waals surface area contributed by atoms with Crippen molar-refractivity contribution in [3.8, 4) is 0 Å². The smallest absolute Gasteiger partial charge is 0.243 e. The third kappa shape index (κ3) is 4.24. The molecule has 1 amide bonds. The summed E-state index contributed by atoms with van der Waals surface area (Å²) in [5.41, 5.74) is 0.572. The van der Waals surface area contributed by atoms with Crippen molar-refractivity contribution in [3.05, 3.63) is 28.8 Å². The van der Waals surface area contributed by atoms with Crippen molar-refractivity contribution < 1.29 is 13.2 Å². The van der Waals surface area contributed by atoms with Crippen LogP contribution in [0.5, 0.6) is 0 Å². The number of piperidine rings is 1. The van der Waals surface area contributed by atoms with Gasteiger partial charge in [-0.15, -0.1) is 0 Å². The van der Waals surface area contributed by atoms with Gasteiger partial charge in [0, 0.05) is 30.1 Å². The van der Waals surface area contributed by atoms with Gasteiger partial charge in [-0.05, 0) is 50.3 Å². The number of amides is 1. The summed E-state index contributed by atoms with van der Waals surface area (Å²) in [6.45, 7) is 2.53. The highest BCUT2D eigenvalue weighted by atomic mass is 35.5. The van der Waals surface area contributed by atoms with Crippen molar-refractivity contribution in [1.82, 2.24) is 9.62 Å². The molecule has 0 aromatic heterocycles. The number of hydrogen-bond donors (Lipinski definition) is 1. The van der Waals surface area contributed by atoms with Gasteiger partial charge in [0.05, 0.1) is 4.90 Å². The Hall–Kier alpha value is -1.11. The molecule has 144 valence electrons. The van der Waals surface area contributed by atoms with Gasteiger partial charge in [-0.1, -0.05) is 36.9 Å². The van der Waals surface area contributed by atoms with E-state index in [1.807, 2.05) is 0 Å². The van der Waals surface area contributed by atoms with E-state index in [9.17, 15) is 13.2 Å². The highest BCUT2D eigenvalue weighted by Crippen LogP contribution is 2.28. The summed E-state index contributed by atoms with van der Waals surface area (Å²) >= 11 is 6.10. The zero-order valence-corrected chi connectivity index (χ0v) is 16.8. The summed E-state index contributed by atoms with van der Waals surface area (Å²) in [4.78, 5) is 12.7. The van der Waals surface area contributed by atoms with Crippen molar-refractivity contribution in [2.75, 3.05) is 13.1 Å². The van der Waals surface area contributed by atoms with Gasteiger partial charge < -0.3 is 5.32 Å². The Bertz CT molecular complexity index is 760. The molecule has 1 N–H and O–H groups in total. The minimum atomic E-state index is -3.61. The summed E-state index contributed by atoms with van der Waals surface area (Å²) in [5.74, 6) is 0.179. The van der Waals surface area contributed by atoms with Crippen LogP contribution in [0.15, 0.2) is 23.1 Å². The maximum atomic E-state index is 13.0. The van der Waals surface area contributed by atoms with E-state index in [-0.39, 0.29) is 22.8 Å². The van der Waals surface area contributed by atoms with Crippen molar-refractivity contribution in [2.45, 2.75) is 62.8 Å². The number of nitrogens with one attached hydrogen (secondary N) is 1. The molecular weight excluding hydrogens is 372 g/mol. The second kappa shape index (κ2) is 8.28. The van der Waals surface area contributed by atoms with E-state index in [1.54, 1.807) is 25.1 Å². The minimum absolute atomic E-state index is 0.0888. The average molecular weight is 399 g/mol. The summed E-state index contributed by atoms with van der Waals surface area (Å²) in [7, 11) is -3.61. The second-order valence-electron chi connectivity index (χ2n) is 7.41. The largest absolute Gasteiger partial charge is 0.352 e. The van der Waals surface area contributed by atoms with Crippen LogP contribution in [0.2, 0.25) is 5.02 Å². The Balaban J connectivity index is 1.69. The molecule has 1 aromatic rings. The molecule has 1 aliphatic heterocycles. The second-order valence-corrected chi connectivity index (χ2v) is 9.72. The normalized spacial score (nSPS) is 22.9. The Kier molecular flexibility index (Phi) is 6.25. The van der Waals surface area contributed by atoms with E-state index < -0.39 is 10.0 Å². The highest BCUT2D eigenvalue weighted by Gasteiger charge is 2.33. The number of rotatable bonds is 4. The van der Waals surface area contributed by atoms with Crippen LogP contribution < -0.4 is 5.32 Å². The topological polar surface area (TPSA) is 66.5 Å². The molecule has 1 saturated carbocycles. The molecule has 1 saturated heterocycles. The van der Waals surface area contributed by atoms with E-state index in [0.29, 0.717) is 23.7 Å². The maximum Gasteiger partial charge on any atom is 0.243 e. The summed E-state index contributed by atoms with van der Waals surface area (Å²) in [6, 6.07) is 4.83. The molecule has 1 aromatic carbocycles. The molecule has 1 heterocycles. The fraction of sp³-hybridized carbons (Fsp3) is 0.632. The maximum absolute atomic E-state index is 13.0. The van der Waals surface area contributed by atoms with Gasteiger partial charge in [-0.3, -0.25) is 4.79 Å². The Morgan fingerprint density at radius 2 is 1.88 bits per heavy atom. The third-order valence-corrected chi connectivity index (χ3v) is 7.96. The monoisotopic (exact) mass is 398 g/mol. The molecule has 0 bridgehead atoms. The van der Waals surface area contributed by atoms with Gasteiger partial charge in [-0.2, -0.15) is 4.31 Å². The number of halogens is 1. The predicted octanol–water partition coefficient (Wildman–Crippen LogP) is 3.50. The molecule has 0 spiro atoms. The lowest BCUT2D eigenvalue weighted by Crippen LogP contribution is -2.50. The van der Waals surface area contributed by atoms with E-state index >= 15 is 0 Å². The van der Waals surface area contributed by atoms with Gasteiger partial charge in [0.25, 0.3) is 0 Å². The lowest BCUT2D eigenvalue weighted by molar-refractivity contribution is -0.126. The summed E-state index contributed by atoms with van der Waals surface area (Å²) in [6.07, 6.45) is 6.88. The molecule has 0 unspecified atom stereocenters. The number of sulfonamides is 1. The fourth-order valence-electron chi connectivity index (χ4n) is 3.97. The number of carbonyl (C=O) groups is 1. The van der Waals surface area contributed by atoms with Crippen LogP contribution >= 0.6 is 11.6 Å². The van der Waals surface area contributed by atoms with Crippen molar-refractivity contribution in [2.24, 2.45) is 5.92 Å². The molecular formula is C19H27ClN2O3S. The van der Waals surface area contributed by atoms with E-state index in [0.717, 1.165) is 38.5 Å². The van der Waals surface area contributed by atoms with E-state index in [1.165, 1.54) is 10.7 Å². The van der Waals surface area contributed by atoms with Crippen molar-refractivity contribution in [1.29, 1.82) is 0 Å². The van der Waals surface area contributed by atoms with Crippen molar-refractivity contribution in [3.63, 3.8) is 0 Å². The molecule has 0 radical (unpaired) electrons. The number of nitrogens with zero attached hydrogens (tertiary/aromatic N) is 1. The molecule has 26 heavy (non-hydrogen) atoms. The van der Waals surface area contributed by atoms with Crippen LogP contribution in [-0.4, -0.2) is 37.8 Å². The van der Waals surface area contributed by atoms with Crippen LogP contribution in [0.1, 0.15) is 50.5 Å². The Morgan fingerprint density at radius 3 is 2.62 bits per heavy atom. The summed E-state index contributed by atoms with van der Waals surface area (Å²) in [5, 5.41) is 3.55. The number of benzene rings is 1. The third-order valence-electron chi connectivity index (χ3n) is 5.54. The van der Waals surface area contributed by atoms with E-state index in [2.05, 4.69) is 5.32 Å². The molecule has 2 aliphatic rings. The van der Waals surface area contributed by atoms with Gasteiger partial charge in [0.15, 0.2) is 0 Å². The fourth-order valence-corrected chi connectivity index (χ4v) is 5.97. The first-order valence-corrected chi connectivity index (χ1v) is 11.3. The lowest BCUT2D eigenvalue weighted by Gasteiger charge is -2.34. The molecule has 3 rings (SSSR count). The van der Waals surface area contributed by atoms with Gasteiger partial charge >= 0.3 is 0 Å². The Labute approximate surface area is 161 Å². The van der Waals surface area contributed by atoms with Crippen LogP contribution in [0, 0.1) is 12.8 Å². The van der Waals surface area contributed by atoms with Crippen LogP contribution in [0.4, 0.5) is 0 Å². The number of carbonyl (C=O) groups excluding carboxylic acids is 1. The first-order chi connectivity index (χ1) is 12.4. The molecule has 5 nitrogen and oxygen atoms in total. The average Bonchev–Trinajstić information content (AvgIpc) is 2.65. The Morgan fingerprint density at radius 1 is 1.15 bits per heavy atom. The standard InChI is InChI=1S/C19H27ClN2O3S/c1-14-17(20)10-5-11-18(14)26(24,25)22-12-6-9-16(13-22)21-19(23)15-7-3-2-4-8-15/h5,10-11,15-16H,2-4,6-9,12-13H2,1H3,(H,21,23)/t16-/m0/s1. The lowest BCUT2D eigenvalue weighted by atomic mass is 9.88. The van der Waals surface area contributed by atoms with Gasteiger partial charge in [0.1, 0.15) is 0 Å². The van der Waals surface area contributed by atoms with Crippen LogP contribution in [0.3, 0.4) is 0 Å². The SMILES string of the molecule is Cc1c(Cl)cccc1S(=O)(=O)N1CCC[C@H](NC(=O)C2CCCCC2)C1. The first kappa shape index (κ1) is 19.6. The zero-order valence-electron chi connectivity index (χ0n) is 15.2. The minimum Gasteiger partial charge on any atom is -0.352 e. The molecule has 2 fully saturated rings. The van der Waals surface area contributed by atoms with E-state index in [4.69, 9.17) is 11.6 Å². The predicted molar refractivity (Wildman–Crippen MR) is 103 cm³/mol. The van der Waals surface area contributed by atoms with Crippen molar-refractivity contribution >= 4 is 27.5 Å². The van der Waals surface area contributed by atoms with Crippen LogP contribution in [-0.2, 0) is 14.8 Å². The highest BCUT2D eigenvalue weighted by molar-refractivity contribution is 7.89. The number of hydrogen-bond acceptors (Lipinski definition) is 3. The van der Waals surface area contributed by atoms with Gasteiger partial charge in [-0.25, -0.2) is 8.42 Å². The van der Waals surface area contributed by atoms with Gasteiger partial charge in [0.2, 0.25) is 15.9 Å².